The zero-order chi connectivity index (χ0) is 15.0. The zero-order valence-electron chi connectivity index (χ0n) is 12.6. The number of anilines is 1. The van der Waals surface area contributed by atoms with E-state index < -0.39 is 10.0 Å². The van der Waals surface area contributed by atoms with Crippen molar-refractivity contribution in [3.63, 3.8) is 0 Å². The monoisotopic (exact) mass is 308 g/mol. The number of piperidine rings is 1. The number of nitrogens with two attached hydrogens (primary N) is 1. The van der Waals surface area contributed by atoms with Gasteiger partial charge in [0.25, 0.3) is 0 Å². The van der Waals surface area contributed by atoms with Crippen LogP contribution in [0.2, 0.25) is 0 Å². The molecule has 116 valence electrons. The minimum absolute atomic E-state index is 0.193. The lowest BCUT2D eigenvalue weighted by atomic mass is 9.79. The normalized spacial score (nSPS) is 27.3. The van der Waals surface area contributed by atoms with Crippen molar-refractivity contribution in [3.05, 3.63) is 23.8 Å². The van der Waals surface area contributed by atoms with Crippen LogP contribution in [0.5, 0.6) is 0 Å². The van der Waals surface area contributed by atoms with Crippen molar-refractivity contribution in [1.82, 2.24) is 4.31 Å². The molecule has 1 aromatic carbocycles. The molecule has 4 nitrogen and oxygen atoms in total. The van der Waals surface area contributed by atoms with E-state index in [0.29, 0.717) is 23.0 Å². The van der Waals surface area contributed by atoms with Crippen molar-refractivity contribution in [3.8, 4) is 0 Å². The highest BCUT2D eigenvalue weighted by molar-refractivity contribution is 7.89. The lowest BCUT2D eigenvalue weighted by Crippen LogP contribution is -2.49. The van der Waals surface area contributed by atoms with Crippen molar-refractivity contribution in [2.45, 2.75) is 56.4 Å². The van der Waals surface area contributed by atoms with Gasteiger partial charge in [-0.25, -0.2) is 8.42 Å². The number of fused-ring (bicyclic) bond motifs is 1. The minimum atomic E-state index is -3.43. The highest BCUT2D eigenvalue weighted by Gasteiger charge is 2.40. The van der Waals surface area contributed by atoms with E-state index in [4.69, 9.17) is 5.73 Å². The van der Waals surface area contributed by atoms with Crippen LogP contribution in [-0.2, 0) is 10.0 Å². The first-order valence-electron chi connectivity index (χ1n) is 7.88. The molecular formula is C16H24N2O2S. The molecule has 1 saturated heterocycles. The SMILES string of the molecule is Cc1ccc(N)cc1S(=O)(=O)N1CCC[C@H]2CCCC[C@H]21. The van der Waals surface area contributed by atoms with Crippen LogP contribution in [0.15, 0.2) is 23.1 Å². The summed E-state index contributed by atoms with van der Waals surface area (Å²) in [5.41, 5.74) is 7.09. The fourth-order valence-electron chi connectivity index (χ4n) is 3.90. The molecule has 0 bridgehead atoms. The summed E-state index contributed by atoms with van der Waals surface area (Å²) in [4.78, 5) is 0.383. The molecule has 0 spiro atoms. The molecule has 21 heavy (non-hydrogen) atoms. The molecule has 0 unspecified atom stereocenters. The van der Waals surface area contributed by atoms with Crippen LogP contribution in [-0.4, -0.2) is 25.3 Å². The average molecular weight is 308 g/mol. The molecule has 1 heterocycles. The van der Waals surface area contributed by atoms with Crippen LogP contribution < -0.4 is 5.73 Å². The number of nitrogens with zero attached hydrogens (tertiary/aromatic N) is 1. The number of sulfonamides is 1. The number of nitrogen functional groups attached to an aromatic ring is 1. The maximum Gasteiger partial charge on any atom is 0.243 e. The van der Waals surface area contributed by atoms with Gasteiger partial charge >= 0.3 is 0 Å². The number of aryl methyl sites for hydroxylation is 1. The fraction of sp³-hybridized carbons (Fsp3) is 0.625. The molecule has 3 rings (SSSR count). The fourth-order valence-corrected chi connectivity index (χ4v) is 5.91. The van der Waals surface area contributed by atoms with Gasteiger partial charge in [-0.2, -0.15) is 4.31 Å². The smallest absolute Gasteiger partial charge is 0.243 e. The first-order chi connectivity index (χ1) is 10.00. The zero-order valence-corrected chi connectivity index (χ0v) is 13.4. The lowest BCUT2D eigenvalue weighted by Gasteiger charge is -2.43. The van der Waals surface area contributed by atoms with Crippen LogP contribution in [0.1, 0.15) is 44.1 Å². The Bertz CT molecular complexity index is 625. The Balaban J connectivity index is 1.98. The predicted molar refractivity (Wildman–Crippen MR) is 84.5 cm³/mol. The molecule has 1 aromatic rings. The van der Waals surface area contributed by atoms with Gasteiger partial charge in [-0.1, -0.05) is 18.9 Å². The van der Waals surface area contributed by atoms with E-state index in [9.17, 15) is 8.42 Å². The van der Waals surface area contributed by atoms with E-state index in [1.54, 1.807) is 22.5 Å². The average Bonchev–Trinajstić information content (AvgIpc) is 2.49. The number of hydrogen-bond donors (Lipinski definition) is 1. The second kappa shape index (κ2) is 5.61. The summed E-state index contributed by atoms with van der Waals surface area (Å²) >= 11 is 0. The third kappa shape index (κ3) is 2.69. The Morgan fingerprint density at radius 2 is 1.86 bits per heavy atom. The van der Waals surface area contributed by atoms with Gasteiger partial charge in [-0.3, -0.25) is 0 Å². The molecular weight excluding hydrogens is 284 g/mol. The van der Waals surface area contributed by atoms with Crippen molar-refractivity contribution in [2.75, 3.05) is 12.3 Å². The Kier molecular flexibility index (Phi) is 3.97. The van der Waals surface area contributed by atoms with Gasteiger partial charge < -0.3 is 5.73 Å². The summed E-state index contributed by atoms with van der Waals surface area (Å²) in [6.45, 7) is 2.49. The standard InChI is InChI=1S/C16H24N2O2S/c1-12-8-9-14(17)11-16(12)21(19,20)18-10-4-6-13-5-2-3-7-15(13)18/h8-9,11,13,15H,2-7,10,17H2,1H3/t13-,15-/m1/s1. The van der Waals surface area contributed by atoms with Gasteiger partial charge in [-0.15, -0.1) is 0 Å². The largest absolute Gasteiger partial charge is 0.399 e. The molecule has 2 fully saturated rings. The third-order valence-electron chi connectivity index (χ3n) is 4.99. The summed E-state index contributed by atoms with van der Waals surface area (Å²) in [7, 11) is -3.43. The number of benzene rings is 1. The van der Waals surface area contributed by atoms with Crippen molar-refractivity contribution in [1.29, 1.82) is 0 Å². The van der Waals surface area contributed by atoms with Gasteiger partial charge in [0.1, 0.15) is 0 Å². The van der Waals surface area contributed by atoms with E-state index in [2.05, 4.69) is 0 Å². The molecule has 1 saturated carbocycles. The van der Waals surface area contributed by atoms with E-state index in [-0.39, 0.29) is 6.04 Å². The second-order valence-electron chi connectivity index (χ2n) is 6.39. The first-order valence-corrected chi connectivity index (χ1v) is 9.32. The lowest BCUT2D eigenvalue weighted by molar-refractivity contribution is 0.129. The van der Waals surface area contributed by atoms with Gasteiger partial charge in [0.15, 0.2) is 0 Å². The van der Waals surface area contributed by atoms with Crippen molar-refractivity contribution < 1.29 is 8.42 Å². The molecule has 2 atom stereocenters. The molecule has 0 radical (unpaired) electrons. The van der Waals surface area contributed by atoms with Gasteiger partial charge in [0.2, 0.25) is 10.0 Å². The van der Waals surface area contributed by atoms with Gasteiger partial charge in [0, 0.05) is 18.3 Å². The molecule has 2 N–H and O–H groups in total. The first kappa shape index (κ1) is 14.9. The molecule has 0 aromatic heterocycles. The van der Waals surface area contributed by atoms with Gasteiger partial charge in [-0.05, 0) is 56.2 Å². The van der Waals surface area contributed by atoms with E-state index in [1.807, 2.05) is 6.92 Å². The Morgan fingerprint density at radius 3 is 2.67 bits per heavy atom. The third-order valence-corrected chi connectivity index (χ3v) is 7.06. The van der Waals surface area contributed by atoms with Crippen molar-refractivity contribution >= 4 is 15.7 Å². The predicted octanol–water partition coefficient (Wildman–Crippen LogP) is 2.92. The van der Waals surface area contributed by atoms with Crippen LogP contribution in [0, 0.1) is 12.8 Å². The quantitative estimate of drug-likeness (QED) is 0.854. The molecule has 5 heteroatoms. The minimum Gasteiger partial charge on any atom is -0.399 e. The Morgan fingerprint density at radius 1 is 1.14 bits per heavy atom. The summed E-state index contributed by atoms with van der Waals surface area (Å²) in [6, 6.07) is 5.36. The Labute approximate surface area is 127 Å². The Hall–Kier alpha value is -1.07. The molecule has 0 amide bonds. The summed E-state index contributed by atoms with van der Waals surface area (Å²) in [5, 5.41) is 0. The molecule has 1 aliphatic heterocycles. The van der Waals surface area contributed by atoms with E-state index in [1.165, 1.54) is 19.3 Å². The molecule has 1 aliphatic carbocycles. The summed E-state index contributed by atoms with van der Waals surface area (Å²) in [5.74, 6) is 0.545. The van der Waals surface area contributed by atoms with Crippen LogP contribution in [0.25, 0.3) is 0 Å². The number of hydrogen-bond acceptors (Lipinski definition) is 3. The van der Waals surface area contributed by atoms with E-state index >= 15 is 0 Å². The van der Waals surface area contributed by atoms with Gasteiger partial charge in [0.05, 0.1) is 4.90 Å². The highest BCUT2D eigenvalue weighted by atomic mass is 32.2. The molecule has 2 aliphatic rings. The summed E-state index contributed by atoms with van der Waals surface area (Å²) in [6.07, 6.45) is 6.71. The van der Waals surface area contributed by atoms with Crippen LogP contribution >= 0.6 is 0 Å². The summed E-state index contributed by atoms with van der Waals surface area (Å²) < 4.78 is 27.9. The number of rotatable bonds is 2. The van der Waals surface area contributed by atoms with Crippen LogP contribution in [0.4, 0.5) is 5.69 Å². The van der Waals surface area contributed by atoms with Crippen LogP contribution in [0.3, 0.4) is 0 Å². The van der Waals surface area contributed by atoms with Crippen molar-refractivity contribution in [2.24, 2.45) is 5.92 Å². The maximum absolute atomic E-state index is 13.1. The topological polar surface area (TPSA) is 63.4 Å². The maximum atomic E-state index is 13.1. The second-order valence-corrected chi connectivity index (χ2v) is 8.25. The van der Waals surface area contributed by atoms with E-state index in [0.717, 1.165) is 24.8 Å². The highest BCUT2D eigenvalue weighted by Crippen LogP contribution is 2.38.